The molecule has 53 heavy (non-hydrogen) atoms. The van der Waals surface area contributed by atoms with E-state index in [1.165, 1.54) is 50.1 Å². The van der Waals surface area contributed by atoms with Crippen LogP contribution in [0.25, 0.3) is 55.6 Å². The maximum Gasteiger partial charge on any atom is 0.137 e. The maximum atomic E-state index is 6.94. The summed E-state index contributed by atoms with van der Waals surface area (Å²) in [5.74, 6) is 1.69. The van der Waals surface area contributed by atoms with Crippen molar-refractivity contribution < 1.29 is 4.74 Å². The van der Waals surface area contributed by atoms with Crippen LogP contribution >= 0.6 is 0 Å². The van der Waals surface area contributed by atoms with Gasteiger partial charge in [0.25, 0.3) is 0 Å². The molecule has 0 saturated carbocycles. The summed E-state index contributed by atoms with van der Waals surface area (Å²) in [6, 6.07) is 67.7. The van der Waals surface area contributed by atoms with Crippen LogP contribution in [0, 0.1) is 0 Å². The maximum absolute atomic E-state index is 6.94. The molecule has 2 nitrogen and oxygen atoms in total. The van der Waals surface area contributed by atoms with E-state index in [1.807, 2.05) is 0 Å². The summed E-state index contributed by atoms with van der Waals surface area (Å²) in [6.07, 6.45) is 0. The number of hydrogen-bond donors (Lipinski definition) is 0. The number of rotatable bonds is 5. The Morgan fingerprint density at radius 3 is 1.57 bits per heavy atom. The fourth-order valence-electron chi connectivity index (χ4n) is 8.38. The second kappa shape index (κ2) is 12.3. The Balaban J connectivity index is 1.13. The highest BCUT2D eigenvalue weighted by Crippen LogP contribution is 2.52. The van der Waals surface area contributed by atoms with Crippen LogP contribution in [-0.4, -0.2) is 0 Å². The number of fused-ring (bicyclic) bond motifs is 8. The van der Waals surface area contributed by atoms with Gasteiger partial charge in [-0.3, -0.25) is 0 Å². The van der Waals surface area contributed by atoms with Crippen molar-refractivity contribution in [2.75, 3.05) is 4.90 Å². The largest absolute Gasteiger partial charge is 0.456 e. The van der Waals surface area contributed by atoms with E-state index in [-0.39, 0.29) is 5.41 Å². The number of nitrogens with zero attached hydrogens (tertiary/aromatic N) is 1. The van der Waals surface area contributed by atoms with E-state index in [9.17, 15) is 0 Å². The summed E-state index contributed by atoms with van der Waals surface area (Å²) in [7, 11) is 0. The van der Waals surface area contributed by atoms with Crippen molar-refractivity contribution in [2.24, 2.45) is 0 Å². The minimum absolute atomic E-state index is 0.117. The molecule has 8 aromatic rings. The highest BCUT2D eigenvalue weighted by Gasteiger charge is 2.36. The Bertz CT molecular complexity index is 2660. The van der Waals surface area contributed by atoms with Crippen LogP contribution in [0.5, 0.6) is 11.5 Å². The van der Waals surface area contributed by atoms with Crippen molar-refractivity contribution in [3.8, 4) is 67.1 Å². The minimum Gasteiger partial charge on any atom is -0.456 e. The van der Waals surface area contributed by atoms with Crippen molar-refractivity contribution in [3.05, 3.63) is 199 Å². The van der Waals surface area contributed by atoms with Gasteiger partial charge in [0.15, 0.2) is 0 Å². The predicted molar refractivity (Wildman–Crippen MR) is 221 cm³/mol. The van der Waals surface area contributed by atoms with Crippen molar-refractivity contribution in [3.63, 3.8) is 0 Å². The lowest BCUT2D eigenvalue weighted by Gasteiger charge is -2.29. The van der Waals surface area contributed by atoms with Gasteiger partial charge in [0, 0.05) is 39.7 Å². The van der Waals surface area contributed by atoms with Gasteiger partial charge in [-0.15, -0.1) is 0 Å². The van der Waals surface area contributed by atoms with Crippen LogP contribution in [0.4, 0.5) is 17.1 Å². The molecule has 0 atom stereocenters. The van der Waals surface area contributed by atoms with Crippen LogP contribution in [0.15, 0.2) is 188 Å². The summed E-state index contributed by atoms with van der Waals surface area (Å²) in [5.41, 5.74) is 17.7. The Labute approximate surface area is 311 Å². The Morgan fingerprint density at radius 1 is 0.340 bits per heavy atom. The van der Waals surface area contributed by atoms with Crippen LogP contribution in [0.3, 0.4) is 0 Å². The van der Waals surface area contributed by atoms with Gasteiger partial charge in [0.1, 0.15) is 11.5 Å². The molecular formula is C51H37NO. The van der Waals surface area contributed by atoms with Crippen LogP contribution < -0.4 is 9.64 Å². The van der Waals surface area contributed by atoms with E-state index in [4.69, 9.17) is 4.74 Å². The molecule has 8 aromatic carbocycles. The highest BCUT2D eigenvalue weighted by molar-refractivity contribution is 5.94. The van der Waals surface area contributed by atoms with E-state index in [2.05, 4.69) is 207 Å². The van der Waals surface area contributed by atoms with E-state index >= 15 is 0 Å². The molecule has 0 radical (unpaired) electrons. The lowest BCUT2D eigenvalue weighted by Crippen LogP contribution is -2.16. The van der Waals surface area contributed by atoms with Gasteiger partial charge in [-0.1, -0.05) is 147 Å². The second-order valence-electron chi connectivity index (χ2n) is 14.6. The molecule has 0 saturated heterocycles. The van der Waals surface area contributed by atoms with Crippen molar-refractivity contribution in [1.29, 1.82) is 0 Å². The molecule has 2 aliphatic rings. The SMILES string of the molecule is CC1(C)c2ccccc2-c2ccc(N(c3ccc(-c4ccccc4)cc3)c3ccc4c(c3)Oc3ccc(-c5ccccc5)cc3-c3ccccc3-4)cc21. The van der Waals surface area contributed by atoms with Gasteiger partial charge in [-0.05, 0) is 104 Å². The number of ether oxygens (including phenoxy) is 1. The molecule has 252 valence electrons. The quantitative estimate of drug-likeness (QED) is 0.180. The normalized spacial score (nSPS) is 13.0. The van der Waals surface area contributed by atoms with Gasteiger partial charge in [0.2, 0.25) is 0 Å². The standard InChI is InChI=1S/C51H37NO/c1-51(2)47-20-12-11-19-43(47)44-28-26-39(32-48(44)51)52(38-24-21-36(22-25-38)34-13-5-3-6-14-34)40-27-29-45-41-17-9-10-18-42(41)46-31-37(35-15-7-4-8-16-35)23-30-49(46)53-50(45)33-40/h3-33H,1-2H3. The molecule has 0 bridgehead atoms. The fourth-order valence-corrected chi connectivity index (χ4v) is 8.38. The molecule has 1 heterocycles. The zero-order valence-corrected chi connectivity index (χ0v) is 29.8. The van der Waals surface area contributed by atoms with Gasteiger partial charge in [0.05, 0.1) is 0 Å². The topological polar surface area (TPSA) is 12.5 Å². The summed E-state index contributed by atoms with van der Waals surface area (Å²) >= 11 is 0. The number of benzene rings is 8. The molecule has 0 amide bonds. The molecule has 1 aliphatic carbocycles. The smallest absolute Gasteiger partial charge is 0.137 e. The summed E-state index contributed by atoms with van der Waals surface area (Å²) in [6.45, 7) is 4.68. The first kappa shape index (κ1) is 31.1. The van der Waals surface area contributed by atoms with Crippen molar-refractivity contribution in [1.82, 2.24) is 0 Å². The third-order valence-electron chi connectivity index (χ3n) is 11.1. The zero-order valence-electron chi connectivity index (χ0n) is 29.8. The number of hydrogen-bond acceptors (Lipinski definition) is 2. The first-order valence-corrected chi connectivity index (χ1v) is 18.3. The first-order chi connectivity index (χ1) is 26.0. The third-order valence-corrected chi connectivity index (χ3v) is 11.1. The summed E-state index contributed by atoms with van der Waals surface area (Å²) < 4.78 is 6.94. The summed E-state index contributed by atoms with van der Waals surface area (Å²) in [4.78, 5) is 2.37. The van der Waals surface area contributed by atoms with Crippen molar-refractivity contribution in [2.45, 2.75) is 19.3 Å². The molecule has 10 rings (SSSR count). The number of anilines is 3. The van der Waals surface area contributed by atoms with E-state index in [0.717, 1.165) is 45.3 Å². The monoisotopic (exact) mass is 679 g/mol. The van der Waals surface area contributed by atoms with Gasteiger partial charge >= 0.3 is 0 Å². The van der Waals surface area contributed by atoms with E-state index in [0.29, 0.717) is 0 Å². The van der Waals surface area contributed by atoms with Crippen LogP contribution in [0.1, 0.15) is 25.0 Å². The van der Waals surface area contributed by atoms with E-state index < -0.39 is 0 Å². The molecular weight excluding hydrogens is 643 g/mol. The van der Waals surface area contributed by atoms with Gasteiger partial charge in [-0.2, -0.15) is 0 Å². The lowest BCUT2D eigenvalue weighted by molar-refractivity contribution is 0.488. The van der Waals surface area contributed by atoms with Crippen molar-refractivity contribution >= 4 is 17.1 Å². The molecule has 1 aliphatic heterocycles. The Morgan fingerprint density at radius 2 is 0.849 bits per heavy atom. The minimum atomic E-state index is -0.117. The van der Waals surface area contributed by atoms with Gasteiger partial charge < -0.3 is 9.64 Å². The fraction of sp³-hybridized carbons (Fsp3) is 0.0588. The zero-order chi connectivity index (χ0) is 35.5. The lowest BCUT2D eigenvalue weighted by atomic mass is 9.82. The summed E-state index contributed by atoms with van der Waals surface area (Å²) in [5, 5.41) is 0. The predicted octanol–water partition coefficient (Wildman–Crippen LogP) is 14.2. The molecule has 0 aromatic heterocycles. The highest BCUT2D eigenvalue weighted by atomic mass is 16.5. The Hall–Kier alpha value is -6.64. The molecule has 0 spiro atoms. The molecule has 2 heteroatoms. The van der Waals surface area contributed by atoms with Crippen LogP contribution in [-0.2, 0) is 5.41 Å². The van der Waals surface area contributed by atoms with E-state index in [1.54, 1.807) is 0 Å². The van der Waals surface area contributed by atoms with Crippen LogP contribution in [0.2, 0.25) is 0 Å². The molecule has 0 unspecified atom stereocenters. The van der Waals surface area contributed by atoms with Gasteiger partial charge in [-0.25, -0.2) is 0 Å². The molecule has 0 N–H and O–H groups in total. The first-order valence-electron chi connectivity index (χ1n) is 18.3. The second-order valence-corrected chi connectivity index (χ2v) is 14.6. The average molecular weight is 680 g/mol. The third kappa shape index (κ3) is 5.18. The molecule has 0 fully saturated rings. The average Bonchev–Trinajstić information content (AvgIpc) is 3.35. The Kier molecular flexibility index (Phi) is 7.19.